The first-order valence-corrected chi connectivity index (χ1v) is 9.79. The molecule has 0 aliphatic carbocycles. The van der Waals surface area contributed by atoms with Crippen LogP contribution >= 0.6 is 23.1 Å². The third kappa shape index (κ3) is 5.56. The van der Waals surface area contributed by atoms with Crippen LogP contribution in [0, 0.1) is 15.9 Å². The zero-order chi connectivity index (χ0) is 20.8. The second kappa shape index (κ2) is 9.21. The fourth-order valence-electron chi connectivity index (χ4n) is 2.15. The Bertz CT molecular complexity index is 1080. The number of hydrogen-bond donors (Lipinski definition) is 2. The van der Waals surface area contributed by atoms with Gasteiger partial charge in [-0.15, -0.1) is 10.2 Å². The Morgan fingerprint density at radius 3 is 2.69 bits per heavy atom. The molecule has 1 heterocycles. The maximum Gasteiger partial charge on any atom is 0.271 e. The number of rotatable bonds is 7. The molecular formula is C17H12FN5O4S2. The molecule has 0 aliphatic rings. The van der Waals surface area contributed by atoms with Crippen molar-refractivity contribution in [3.63, 3.8) is 0 Å². The molecule has 0 aliphatic heterocycles. The summed E-state index contributed by atoms with van der Waals surface area (Å²) in [6.07, 6.45) is 0. The molecule has 29 heavy (non-hydrogen) atoms. The molecule has 0 bridgehead atoms. The Labute approximate surface area is 171 Å². The van der Waals surface area contributed by atoms with Gasteiger partial charge in [-0.3, -0.25) is 25.0 Å². The number of nitrogens with zero attached hydrogens (tertiary/aromatic N) is 3. The SMILES string of the molecule is O=C(CSc1nnc(NC(=O)c2ccccc2F)s1)Nc1cccc([N+](=O)[O-])c1. The Hall–Kier alpha value is -3.38. The van der Waals surface area contributed by atoms with Crippen molar-refractivity contribution in [1.29, 1.82) is 0 Å². The third-order valence-electron chi connectivity index (χ3n) is 3.41. The highest BCUT2D eigenvalue weighted by Gasteiger charge is 2.15. The van der Waals surface area contributed by atoms with Crippen molar-refractivity contribution in [3.05, 3.63) is 70.0 Å². The lowest BCUT2D eigenvalue weighted by Crippen LogP contribution is -2.14. The number of hydrogen-bond acceptors (Lipinski definition) is 8. The summed E-state index contributed by atoms with van der Waals surface area (Å²) in [5.41, 5.74) is 0.0583. The van der Waals surface area contributed by atoms with Crippen LogP contribution in [0.2, 0.25) is 0 Å². The van der Waals surface area contributed by atoms with E-state index in [-0.39, 0.29) is 28.0 Å². The summed E-state index contributed by atoms with van der Waals surface area (Å²) in [6, 6.07) is 11.1. The molecule has 9 nitrogen and oxygen atoms in total. The van der Waals surface area contributed by atoms with E-state index in [0.29, 0.717) is 10.0 Å². The van der Waals surface area contributed by atoms with Crippen LogP contribution in [0.3, 0.4) is 0 Å². The summed E-state index contributed by atoms with van der Waals surface area (Å²) in [7, 11) is 0. The summed E-state index contributed by atoms with van der Waals surface area (Å²) in [5.74, 6) is -1.71. The van der Waals surface area contributed by atoms with Crippen LogP contribution in [0.4, 0.5) is 20.9 Å². The number of non-ortho nitro benzene ring substituents is 1. The van der Waals surface area contributed by atoms with Crippen LogP contribution in [0.15, 0.2) is 52.9 Å². The fraction of sp³-hybridized carbons (Fsp3) is 0.0588. The van der Waals surface area contributed by atoms with Gasteiger partial charge in [0, 0.05) is 17.8 Å². The number of nitro benzene ring substituents is 1. The molecule has 3 rings (SSSR count). The van der Waals surface area contributed by atoms with Gasteiger partial charge in [0.15, 0.2) is 4.34 Å². The van der Waals surface area contributed by atoms with Crippen LogP contribution in [-0.4, -0.2) is 32.7 Å². The summed E-state index contributed by atoms with van der Waals surface area (Å²) >= 11 is 2.11. The normalized spacial score (nSPS) is 10.4. The van der Waals surface area contributed by atoms with Gasteiger partial charge in [-0.25, -0.2) is 4.39 Å². The lowest BCUT2D eigenvalue weighted by molar-refractivity contribution is -0.384. The second-order valence-corrected chi connectivity index (χ2v) is 7.65. The highest BCUT2D eigenvalue weighted by molar-refractivity contribution is 8.01. The second-order valence-electron chi connectivity index (χ2n) is 5.45. The number of carbonyl (C=O) groups is 2. The van der Waals surface area contributed by atoms with Crippen molar-refractivity contribution in [2.75, 3.05) is 16.4 Å². The fourth-order valence-corrected chi connectivity index (χ4v) is 3.70. The molecule has 0 unspecified atom stereocenters. The third-order valence-corrected chi connectivity index (χ3v) is 5.38. The minimum atomic E-state index is -0.654. The number of anilines is 2. The van der Waals surface area contributed by atoms with Crippen molar-refractivity contribution in [1.82, 2.24) is 10.2 Å². The molecule has 0 radical (unpaired) electrons. The van der Waals surface area contributed by atoms with E-state index in [2.05, 4.69) is 20.8 Å². The average molecular weight is 433 g/mol. The Morgan fingerprint density at radius 1 is 1.14 bits per heavy atom. The number of amides is 2. The predicted molar refractivity (Wildman–Crippen MR) is 107 cm³/mol. The molecule has 2 amide bonds. The van der Waals surface area contributed by atoms with E-state index in [0.717, 1.165) is 23.1 Å². The van der Waals surface area contributed by atoms with Crippen LogP contribution in [0.5, 0.6) is 0 Å². The standard InChI is InChI=1S/C17H12FN5O4S2/c18-13-7-2-1-6-12(13)15(25)20-16-21-22-17(29-16)28-9-14(24)19-10-4-3-5-11(8-10)23(26)27/h1-8H,9H2,(H,19,24)(H,20,21,25). The molecule has 148 valence electrons. The van der Waals surface area contributed by atoms with Gasteiger partial charge in [-0.05, 0) is 18.2 Å². The van der Waals surface area contributed by atoms with Crippen LogP contribution in [-0.2, 0) is 4.79 Å². The maximum atomic E-state index is 13.6. The highest BCUT2D eigenvalue weighted by atomic mass is 32.2. The molecule has 2 aromatic carbocycles. The van der Waals surface area contributed by atoms with E-state index in [1.807, 2.05) is 0 Å². The lowest BCUT2D eigenvalue weighted by atomic mass is 10.2. The number of thioether (sulfide) groups is 1. The van der Waals surface area contributed by atoms with Crippen LogP contribution in [0.1, 0.15) is 10.4 Å². The molecule has 0 spiro atoms. The lowest BCUT2D eigenvalue weighted by Gasteiger charge is -2.03. The van der Waals surface area contributed by atoms with Gasteiger partial charge in [-0.2, -0.15) is 0 Å². The van der Waals surface area contributed by atoms with E-state index < -0.39 is 16.6 Å². The topological polar surface area (TPSA) is 127 Å². The predicted octanol–water partition coefficient (Wildman–Crippen LogP) is 3.57. The van der Waals surface area contributed by atoms with Crippen LogP contribution < -0.4 is 10.6 Å². The zero-order valence-electron chi connectivity index (χ0n) is 14.5. The van der Waals surface area contributed by atoms with Crippen molar-refractivity contribution in [2.45, 2.75) is 4.34 Å². The zero-order valence-corrected chi connectivity index (χ0v) is 16.1. The number of carbonyl (C=O) groups excluding carboxylic acids is 2. The summed E-state index contributed by atoms with van der Waals surface area (Å²) < 4.78 is 14.0. The van der Waals surface area contributed by atoms with E-state index in [4.69, 9.17) is 0 Å². The average Bonchev–Trinajstić information content (AvgIpc) is 3.14. The monoisotopic (exact) mass is 433 g/mol. The molecule has 3 aromatic rings. The van der Waals surface area contributed by atoms with Gasteiger partial charge < -0.3 is 5.32 Å². The van der Waals surface area contributed by atoms with E-state index in [9.17, 15) is 24.1 Å². The van der Waals surface area contributed by atoms with E-state index in [1.54, 1.807) is 6.07 Å². The summed E-state index contributed by atoms with van der Waals surface area (Å²) in [6.45, 7) is 0. The number of halogens is 1. The number of aromatic nitrogens is 2. The van der Waals surface area contributed by atoms with Gasteiger partial charge in [0.25, 0.3) is 11.6 Å². The van der Waals surface area contributed by atoms with Crippen LogP contribution in [0.25, 0.3) is 0 Å². The molecule has 0 saturated carbocycles. The molecule has 0 saturated heterocycles. The first kappa shape index (κ1) is 20.4. The minimum absolute atomic E-state index is 0.0153. The Morgan fingerprint density at radius 2 is 1.93 bits per heavy atom. The Balaban J connectivity index is 1.53. The number of nitro groups is 1. The molecule has 12 heteroatoms. The van der Waals surface area contributed by atoms with E-state index >= 15 is 0 Å². The van der Waals surface area contributed by atoms with E-state index in [1.165, 1.54) is 42.5 Å². The van der Waals surface area contributed by atoms with Crippen molar-refractivity contribution in [2.24, 2.45) is 0 Å². The van der Waals surface area contributed by atoms with Crippen molar-refractivity contribution >= 4 is 51.4 Å². The smallest absolute Gasteiger partial charge is 0.271 e. The van der Waals surface area contributed by atoms with Gasteiger partial charge in [0.05, 0.1) is 16.2 Å². The van der Waals surface area contributed by atoms with Gasteiger partial charge in [-0.1, -0.05) is 41.3 Å². The summed E-state index contributed by atoms with van der Waals surface area (Å²) in [5, 5.41) is 23.6. The van der Waals surface area contributed by atoms with Gasteiger partial charge in [0.2, 0.25) is 11.0 Å². The van der Waals surface area contributed by atoms with Gasteiger partial charge >= 0.3 is 0 Å². The molecule has 2 N–H and O–H groups in total. The largest absolute Gasteiger partial charge is 0.325 e. The molecular weight excluding hydrogens is 421 g/mol. The first-order valence-electron chi connectivity index (χ1n) is 7.99. The quantitative estimate of drug-likeness (QED) is 0.252. The maximum absolute atomic E-state index is 13.6. The molecule has 0 fully saturated rings. The molecule has 1 aromatic heterocycles. The van der Waals surface area contributed by atoms with Gasteiger partial charge in [0.1, 0.15) is 5.82 Å². The molecule has 0 atom stereocenters. The number of benzene rings is 2. The number of nitrogens with one attached hydrogen (secondary N) is 2. The van der Waals surface area contributed by atoms with Crippen molar-refractivity contribution < 1.29 is 18.9 Å². The minimum Gasteiger partial charge on any atom is -0.325 e. The van der Waals surface area contributed by atoms with Crippen molar-refractivity contribution in [3.8, 4) is 0 Å². The highest BCUT2D eigenvalue weighted by Crippen LogP contribution is 2.26. The Kier molecular flexibility index (Phi) is 6.46. The summed E-state index contributed by atoms with van der Waals surface area (Å²) in [4.78, 5) is 34.3. The first-order chi connectivity index (χ1) is 13.9.